The molecule has 1 aliphatic rings. The molecule has 0 aromatic heterocycles. The normalized spacial score (nSPS) is 17.5. The number of likely N-dealkylation sites (tertiary alicyclic amines) is 1. The van der Waals surface area contributed by atoms with E-state index in [1.54, 1.807) is 25.1 Å². The number of nitrogens with one attached hydrogen (secondary N) is 1. The summed E-state index contributed by atoms with van der Waals surface area (Å²) < 4.78 is 5.70. The summed E-state index contributed by atoms with van der Waals surface area (Å²) in [6.07, 6.45) is 1.35. The van der Waals surface area contributed by atoms with E-state index < -0.39 is 11.8 Å². The molecule has 1 aromatic rings. The summed E-state index contributed by atoms with van der Waals surface area (Å²) in [7, 11) is 0. The Kier molecular flexibility index (Phi) is 6.15. The number of ether oxygens (including phenoxy) is 1. The lowest BCUT2D eigenvalue weighted by Gasteiger charge is -2.31. The number of halogens is 1. The van der Waals surface area contributed by atoms with Crippen LogP contribution in [0.15, 0.2) is 28.7 Å². The first-order valence-electron chi connectivity index (χ1n) is 7.54. The summed E-state index contributed by atoms with van der Waals surface area (Å²) in [5.74, 6) is -2.00. The van der Waals surface area contributed by atoms with Gasteiger partial charge in [-0.3, -0.25) is 14.4 Å². The summed E-state index contributed by atoms with van der Waals surface area (Å²) in [6.45, 7) is 2.75. The van der Waals surface area contributed by atoms with Gasteiger partial charge in [-0.1, -0.05) is 12.1 Å². The summed E-state index contributed by atoms with van der Waals surface area (Å²) in [5, 5.41) is 2.58. The molecule has 1 aliphatic heterocycles. The third-order valence-electron chi connectivity index (χ3n) is 3.64. The van der Waals surface area contributed by atoms with Crippen LogP contribution < -0.4 is 5.32 Å². The fourth-order valence-corrected chi connectivity index (χ4v) is 2.88. The Balaban J connectivity index is 1.97. The molecule has 0 spiro atoms. The molecule has 2 rings (SSSR count). The summed E-state index contributed by atoms with van der Waals surface area (Å²) >= 11 is 3.31. The Morgan fingerprint density at radius 3 is 2.78 bits per heavy atom. The molecule has 1 saturated heterocycles. The zero-order valence-corrected chi connectivity index (χ0v) is 14.5. The third-order valence-corrected chi connectivity index (χ3v) is 4.34. The van der Waals surface area contributed by atoms with Gasteiger partial charge in [0.25, 0.3) is 0 Å². The summed E-state index contributed by atoms with van der Waals surface area (Å²) in [5.41, 5.74) is 0.532. The second kappa shape index (κ2) is 8.10. The molecular formula is C16H19BrN2O4. The van der Waals surface area contributed by atoms with E-state index in [1.165, 1.54) is 4.90 Å². The van der Waals surface area contributed by atoms with Crippen LogP contribution >= 0.6 is 15.9 Å². The average molecular weight is 383 g/mol. The van der Waals surface area contributed by atoms with Crippen LogP contribution in [0.25, 0.3) is 0 Å². The van der Waals surface area contributed by atoms with Crippen LogP contribution in [0.4, 0.5) is 5.69 Å². The van der Waals surface area contributed by atoms with Crippen LogP contribution in [0.1, 0.15) is 19.8 Å². The van der Waals surface area contributed by atoms with Gasteiger partial charge in [-0.05, 0) is 47.8 Å². The number of para-hydroxylation sites is 1. The maximum Gasteiger partial charge on any atom is 0.313 e. The highest BCUT2D eigenvalue weighted by Crippen LogP contribution is 2.22. The Morgan fingerprint density at radius 2 is 2.09 bits per heavy atom. The van der Waals surface area contributed by atoms with Gasteiger partial charge in [0.1, 0.15) is 0 Å². The molecule has 7 heteroatoms. The molecule has 1 aromatic carbocycles. The second-order valence-electron chi connectivity index (χ2n) is 5.28. The number of piperidine rings is 1. The molecule has 1 atom stereocenters. The van der Waals surface area contributed by atoms with E-state index >= 15 is 0 Å². The van der Waals surface area contributed by atoms with Crippen molar-refractivity contribution in [3.63, 3.8) is 0 Å². The number of esters is 1. The van der Waals surface area contributed by atoms with Gasteiger partial charge in [-0.2, -0.15) is 0 Å². The highest BCUT2D eigenvalue weighted by molar-refractivity contribution is 9.10. The first kappa shape index (κ1) is 17.5. The molecule has 1 fully saturated rings. The lowest BCUT2D eigenvalue weighted by molar-refractivity contribution is -0.153. The number of carbonyl (C=O) groups is 3. The third kappa shape index (κ3) is 4.54. The molecular weight excluding hydrogens is 364 g/mol. The number of rotatable bonds is 3. The monoisotopic (exact) mass is 382 g/mol. The Bertz CT molecular complexity index is 605. The van der Waals surface area contributed by atoms with Crippen molar-refractivity contribution in [1.29, 1.82) is 0 Å². The van der Waals surface area contributed by atoms with E-state index in [9.17, 15) is 14.4 Å². The molecule has 1 heterocycles. The minimum atomic E-state index is -0.707. The van der Waals surface area contributed by atoms with Gasteiger partial charge in [-0.15, -0.1) is 0 Å². The van der Waals surface area contributed by atoms with Crippen molar-refractivity contribution in [2.24, 2.45) is 5.92 Å². The number of benzene rings is 1. The molecule has 0 saturated carbocycles. The predicted octanol–water partition coefficient (Wildman–Crippen LogP) is 2.19. The smallest absolute Gasteiger partial charge is 0.313 e. The number of nitrogens with zero attached hydrogens (tertiary/aromatic N) is 1. The Morgan fingerprint density at radius 1 is 1.35 bits per heavy atom. The molecule has 124 valence electrons. The largest absolute Gasteiger partial charge is 0.466 e. The first-order chi connectivity index (χ1) is 11.0. The number of hydrogen-bond donors (Lipinski definition) is 1. The molecule has 2 amide bonds. The van der Waals surface area contributed by atoms with Gasteiger partial charge in [-0.25, -0.2) is 0 Å². The van der Waals surface area contributed by atoms with Crippen molar-refractivity contribution in [2.45, 2.75) is 19.8 Å². The predicted molar refractivity (Wildman–Crippen MR) is 88.7 cm³/mol. The van der Waals surface area contributed by atoms with Gasteiger partial charge in [0.05, 0.1) is 18.2 Å². The fraction of sp³-hybridized carbons (Fsp3) is 0.438. The molecule has 1 unspecified atom stereocenters. The van der Waals surface area contributed by atoms with Crippen LogP contribution in [-0.4, -0.2) is 42.4 Å². The standard InChI is InChI=1S/C16H19BrN2O4/c1-2-23-16(22)11-6-5-9-19(10-11)15(21)14(20)18-13-8-4-3-7-12(13)17/h3-4,7-8,11H,2,5-6,9-10H2,1H3,(H,18,20). The van der Waals surface area contributed by atoms with Gasteiger partial charge in [0.2, 0.25) is 0 Å². The highest BCUT2D eigenvalue weighted by atomic mass is 79.9. The summed E-state index contributed by atoms with van der Waals surface area (Å²) in [6, 6.07) is 7.06. The van der Waals surface area contributed by atoms with Crippen molar-refractivity contribution in [2.75, 3.05) is 25.0 Å². The van der Waals surface area contributed by atoms with Crippen molar-refractivity contribution in [3.8, 4) is 0 Å². The van der Waals surface area contributed by atoms with E-state index in [2.05, 4.69) is 21.2 Å². The molecule has 0 radical (unpaired) electrons. The van der Waals surface area contributed by atoms with Crippen LogP contribution in [-0.2, 0) is 19.1 Å². The fourth-order valence-electron chi connectivity index (χ4n) is 2.50. The van der Waals surface area contributed by atoms with Gasteiger partial charge >= 0.3 is 17.8 Å². The average Bonchev–Trinajstić information content (AvgIpc) is 2.56. The molecule has 6 nitrogen and oxygen atoms in total. The minimum absolute atomic E-state index is 0.223. The second-order valence-corrected chi connectivity index (χ2v) is 6.13. The van der Waals surface area contributed by atoms with E-state index in [0.717, 1.165) is 0 Å². The SMILES string of the molecule is CCOC(=O)C1CCCN(C(=O)C(=O)Nc2ccccc2Br)C1. The van der Waals surface area contributed by atoms with E-state index in [1.807, 2.05) is 6.07 Å². The topological polar surface area (TPSA) is 75.7 Å². The maximum atomic E-state index is 12.3. The lowest BCUT2D eigenvalue weighted by atomic mass is 9.98. The van der Waals surface area contributed by atoms with Crippen molar-refractivity contribution < 1.29 is 19.1 Å². The zero-order valence-electron chi connectivity index (χ0n) is 12.9. The molecule has 23 heavy (non-hydrogen) atoms. The van der Waals surface area contributed by atoms with Crippen LogP contribution in [0.2, 0.25) is 0 Å². The van der Waals surface area contributed by atoms with Crippen LogP contribution in [0.3, 0.4) is 0 Å². The molecule has 0 aliphatic carbocycles. The van der Waals surface area contributed by atoms with Gasteiger partial charge in [0.15, 0.2) is 0 Å². The van der Waals surface area contributed by atoms with Gasteiger partial charge < -0.3 is 15.0 Å². The van der Waals surface area contributed by atoms with Crippen molar-refractivity contribution >= 4 is 39.4 Å². The number of carbonyl (C=O) groups excluding carboxylic acids is 3. The highest BCUT2D eigenvalue weighted by Gasteiger charge is 2.32. The Labute approximate surface area is 143 Å². The Hall–Kier alpha value is -1.89. The quantitative estimate of drug-likeness (QED) is 0.642. The van der Waals surface area contributed by atoms with Crippen LogP contribution in [0.5, 0.6) is 0 Å². The number of amides is 2. The minimum Gasteiger partial charge on any atom is -0.466 e. The van der Waals surface area contributed by atoms with E-state index in [0.29, 0.717) is 36.2 Å². The van der Waals surface area contributed by atoms with Crippen molar-refractivity contribution in [1.82, 2.24) is 4.90 Å². The van der Waals surface area contributed by atoms with Crippen LogP contribution in [0, 0.1) is 5.92 Å². The van der Waals surface area contributed by atoms with Gasteiger partial charge in [0, 0.05) is 17.6 Å². The number of hydrogen-bond acceptors (Lipinski definition) is 4. The summed E-state index contributed by atoms with van der Waals surface area (Å²) in [4.78, 5) is 37.6. The van der Waals surface area contributed by atoms with Crippen molar-refractivity contribution in [3.05, 3.63) is 28.7 Å². The first-order valence-corrected chi connectivity index (χ1v) is 8.33. The lowest BCUT2D eigenvalue weighted by Crippen LogP contribution is -2.47. The molecule has 0 bridgehead atoms. The van der Waals surface area contributed by atoms with E-state index in [-0.39, 0.29) is 18.4 Å². The molecule has 1 N–H and O–H groups in total. The zero-order chi connectivity index (χ0) is 16.8. The van der Waals surface area contributed by atoms with E-state index in [4.69, 9.17) is 4.74 Å². The number of anilines is 1. The maximum absolute atomic E-state index is 12.3.